The van der Waals surface area contributed by atoms with Crippen molar-refractivity contribution in [3.8, 4) is 0 Å². The van der Waals surface area contributed by atoms with Crippen LogP contribution in [0.2, 0.25) is 0 Å². The average molecular weight is 176 g/mol. The molecule has 10 heavy (non-hydrogen) atoms. The Hall–Kier alpha value is -0.0757. The maximum atomic E-state index is 10.7. The van der Waals surface area contributed by atoms with E-state index in [0.29, 0.717) is 5.57 Å². The fraction of sp³-hybridized carbons (Fsp3) is 0.571. The summed E-state index contributed by atoms with van der Waals surface area (Å²) in [5.41, 5.74) is 1.69. The number of carbonyl (C=O) groups is 1. The first-order valence-electron chi connectivity index (χ1n) is 2.82. The molecule has 0 fully saturated rings. The number of allylic oxidation sites excluding steroid dienone is 1. The third-order valence-corrected chi connectivity index (χ3v) is 1.24. The second kappa shape index (κ2) is 5.69. The van der Waals surface area contributed by atoms with Crippen LogP contribution in [-0.4, -0.2) is 13.1 Å². The Morgan fingerprint density at radius 1 is 1.20 bits per heavy atom. The minimum atomic E-state index is -0.241. The number of rotatable bonds is 1. The molecule has 3 heteroatoms. The van der Waals surface area contributed by atoms with E-state index in [9.17, 15) is 4.79 Å². The van der Waals surface area contributed by atoms with Gasteiger partial charge in [-0.3, -0.25) is 0 Å². The summed E-state index contributed by atoms with van der Waals surface area (Å²) in [4.78, 5) is 10.7. The summed E-state index contributed by atoms with van der Waals surface area (Å²) in [5, 5.41) is 0. The van der Waals surface area contributed by atoms with Gasteiger partial charge in [0.25, 0.3) is 0 Å². The van der Waals surface area contributed by atoms with Gasteiger partial charge < -0.3 is 4.74 Å². The molecule has 56 valence electrons. The van der Waals surface area contributed by atoms with Crippen molar-refractivity contribution in [2.75, 3.05) is 7.11 Å². The van der Waals surface area contributed by atoms with E-state index in [1.165, 1.54) is 7.11 Å². The standard InChI is InChI=1S/C7H12O2.Ti/c1-5(2)6(3)7(8)9-4;/h1-4H3;. The Balaban J connectivity index is 0. The molecule has 0 aliphatic carbocycles. The second-order valence-electron chi connectivity index (χ2n) is 2.12. The summed E-state index contributed by atoms with van der Waals surface area (Å²) < 4.78 is 4.48. The maximum absolute atomic E-state index is 10.7. The molecular formula is C7H12O2Ti. The van der Waals surface area contributed by atoms with Crippen molar-refractivity contribution < 1.29 is 31.2 Å². The van der Waals surface area contributed by atoms with Crippen LogP contribution in [0.3, 0.4) is 0 Å². The molecule has 0 saturated carbocycles. The van der Waals surface area contributed by atoms with Crippen molar-refractivity contribution in [2.45, 2.75) is 20.8 Å². The first-order chi connectivity index (χ1) is 4.09. The topological polar surface area (TPSA) is 26.3 Å². The zero-order valence-electron chi connectivity index (χ0n) is 6.82. The van der Waals surface area contributed by atoms with E-state index < -0.39 is 0 Å². The van der Waals surface area contributed by atoms with Crippen LogP contribution in [-0.2, 0) is 31.2 Å². The van der Waals surface area contributed by atoms with E-state index in [1.54, 1.807) is 6.92 Å². The fourth-order valence-corrected chi connectivity index (χ4v) is 0.357. The molecule has 0 N–H and O–H groups in total. The molecular weight excluding hydrogens is 164 g/mol. The largest absolute Gasteiger partial charge is 0.466 e. The quantitative estimate of drug-likeness (QED) is 0.344. The number of esters is 1. The molecule has 2 nitrogen and oxygen atoms in total. The second-order valence-corrected chi connectivity index (χ2v) is 2.12. The van der Waals surface area contributed by atoms with Gasteiger partial charge in [-0.05, 0) is 20.8 Å². The van der Waals surface area contributed by atoms with E-state index in [1.807, 2.05) is 13.8 Å². The van der Waals surface area contributed by atoms with Crippen LogP contribution in [0, 0.1) is 0 Å². The molecule has 0 aliphatic heterocycles. The Kier molecular flexibility index (Phi) is 7.16. The number of hydrogen-bond donors (Lipinski definition) is 0. The Morgan fingerprint density at radius 2 is 1.60 bits per heavy atom. The van der Waals surface area contributed by atoms with Gasteiger partial charge in [0.15, 0.2) is 0 Å². The van der Waals surface area contributed by atoms with Gasteiger partial charge in [-0.2, -0.15) is 0 Å². The minimum absolute atomic E-state index is 0. The van der Waals surface area contributed by atoms with E-state index in [0.717, 1.165) is 5.57 Å². The van der Waals surface area contributed by atoms with Gasteiger partial charge in [0.05, 0.1) is 7.11 Å². The van der Waals surface area contributed by atoms with E-state index in [2.05, 4.69) is 4.74 Å². The zero-order valence-corrected chi connectivity index (χ0v) is 8.38. The molecule has 0 bridgehead atoms. The molecule has 0 radical (unpaired) electrons. The van der Waals surface area contributed by atoms with E-state index >= 15 is 0 Å². The monoisotopic (exact) mass is 176 g/mol. The molecule has 0 spiro atoms. The summed E-state index contributed by atoms with van der Waals surface area (Å²) in [7, 11) is 1.38. The first kappa shape index (κ1) is 12.6. The number of ether oxygens (including phenoxy) is 1. The van der Waals surface area contributed by atoms with Gasteiger partial charge in [0.1, 0.15) is 0 Å². The molecule has 0 aromatic rings. The predicted molar refractivity (Wildman–Crippen MR) is 36.1 cm³/mol. The van der Waals surface area contributed by atoms with Crippen LogP contribution in [0.1, 0.15) is 20.8 Å². The van der Waals surface area contributed by atoms with Crippen molar-refractivity contribution >= 4 is 5.97 Å². The van der Waals surface area contributed by atoms with E-state index in [-0.39, 0.29) is 27.7 Å². The summed E-state index contributed by atoms with van der Waals surface area (Å²) >= 11 is 0. The normalized spacial score (nSPS) is 7.60. The predicted octanol–water partition coefficient (Wildman–Crippen LogP) is 1.51. The van der Waals surface area contributed by atoms with Crippen LogP contribution in [0.4, 0.5) is 0 Å². The first-order valence-corrected chi connectivity index (χ1v) is 2.82. The summed E-state index contributed by atoms with van der Waals surface area (Å²) in [6, 6.07) is 0. The van der Waals surface area contributed by atoms with Crippen molar-refractivity contribution in [1.82, 2.24) is 0 Å². The Morgan fingerprint density at radius 3 is 1.70 bits per heavy atom. The van der Waals surface area contributed by atoms with Gasteiger partial charge in [-0.1, -0.05) is 5.57 Å². The van der Waals surface area contributed by atoms with Gasteiger partial charge in [-0.25, -0.2) is 4.79 Å². The summed E-state index contributed by atoms with van der Waals surface area (Å²) in [6.45, 7) is 5.51. The van der Waals surface area contributed by atoms with Crippen molar-refractivity contribution in [1.29, 1.82) is 0 Å². The number of carbonyl (C=O) groups excluding carboxylic acids is 1. The SMILES string of the molecule is COC(=O)C(C)=C(C)C.[Ti]. The molecule has 0 saturated heterocycles. The van der Waals surface area contributed by atoms with Crippen molar-refractivity contribution in [2.24, 2.45) is 0 Å². The van der Waals surface area contributed by atoms with Gasteiger partial charge in [-0.15, -0.1) is 0 Å². The van der Waals surface area contributed by atoms with E-state index in [4.69, 9.17) is 0 Å². The number of methoxy groups -OCH3 is 1. The summed E-state index contributed by atoms with van der Waals surface area (Å²) in [5.74, 6) is -0.241. The van der Waals surface area contributed by atoms with Gasteiger partial charge in [0, 0.05) is 27.3 Å². The molecule has 0 heterocycles. The fourth-order valence-electron chi connectivity index (χ4n) is 0.357. The Labute approximate surface area is 76.5 Å². The van der Waals surface area contributed by atoms with Crippen LogP contribution in [0.5, 0.6) is 0 Å². The molecule has 0 aromatic heterocycles. The minimum Gasteiger partial charge on any atom is -0.466 e. The van der Waals surface area contributed by atoms with Crippen LogP contribution < -0.4 is 0 Å². The third-order valence-electron chi connectivity index (χ3n) is 1.24. The van der Waals surface area contributed by atoms with Crippen LogP contribution >= 0.6 is 0 Å². The van der Waals surface area contributed by atoms with Crippen molar-refractivity contribution in [3.05, 3.63) is 11.1 Å². The molecule has 0 aliphatic rings. The molecule has 0 rings (SSSR count). The molecule has 0 aromatic carbocycles. The zero-order chi connectivity index (χ0) is 7.44. The van der Waals surface area contributed by atoms with Crippen LogP contribution in [0.25, 0.3) is 0 Å². The van der Waals surface area contributed by atoms with Crippen LogP contribution in [0.15, 0.2) is 11.1 Å². The molecule has 0 atom stereocenters. The maximum Gasteiger partial charge on any atom is 0.333 e. The van der Waals surface area contributed by atoms with Gasteiger partial charge >= 0.3 is 5.97 Å². The molecule has 0 unspecified atom stereocenters. The Bertz CT molecular complexity index is 146. The molecule has 0 amide bonds. The number of hydrogen-bond acceptors (Lipinski definition) is 2. The smallest absolute Gasteiger partial charge is 0.333 e. The van der Waals surface area contributed by atoms with Crippen molar-refractivity contribution in [3.63, 3.8) is 0 Å². The van der Waals surface area contributed by atoms with Gasteiger partial charge in [0.2, 0.25) is 0 Å². The summed E-state index contributed by atoms with van der Waals surface area (Å²) in [6.07, 6.45) is 0. The average Bonchev–Trinajstić information content (AvgIpc) is 1.84. The third kappa shape index (κ3) is 3.86.